The van der Waals surface area contributed by atoms with Crippen LogP contribution in [0.4, 0.5) is 24.5 Å². The molecule has 1 aliphatic rings. The molecule has 1 heterocycles. The SMILES string of the molecule is O=C(Cc1ccc(Cl)cc1)NC(=S)N1CCN(c2ccc(C(F)(F)F)cc2[N+](=O)[O-])CC1. The van der Waals surface area contributed by atoms with Gasteiger partial charge < -0.3 is 15.1 Å². The number of nitrogens with zero attached hydrogens (tertiary/aromatic N) is 3. The molecule has 2 aromatic rings. The molecule has 0 saturated carbocycles. The maximum Gasteiger partial charge on any atom is 0.416 e. The maximum atomic E-state index is 12.9. The molecular formula is C20H18ClF3N4O3S. The molecule has 1 N–H and O–H groups in total. The minimum absolute atomic E-state index is 0.111. The van der Waals surface area contributed by atoms with Crippen molar-refractivity contribution in [1.82, 2.24) is 10.2 Å². The zero-order valence-corrected chi connectivity index (χ0v) is 18.1. The summed E-state index contributed by atoms with van der Waals surface area (Å²) in [6.45, 7) is 1.27. The van der Waals surface area contributed by atoms with Gasteiger partial charge in [-0.3, -0.25) is 14.9 Å². The molecule has 0 aliphatic carbocycles. The van der Waals surface area contributed by atoms with Gasteiger partial charge in [0.15, 0.2) is 5.11 Å². The van der Waals surface area contributed by atoms with E-state index in [1.165, 1.54) is 0 Å². The predicted octanol–water partition coefficient (Wildman–Crippen LogP) is 4.03. The number of rotatable bonds is 4. The van der Waals surface area contributed by atoms with Gasteiger partial charge in [0.25, 0.3) is 5.69 Å². The number of nitrogens with one attached hydrogen (secondary N) is 1. The number of anilines is 1. The molecular weight excluding hydrogens is 469 g/mol. The summed E-state index contributed by atoms with van der Waals surface area (Å²) < 4.78 is 38.7. The van der Waals surface area contributed by atoms with Crippen LogP contribution in [0.15, 0.2) is 42.5 Å². The summed E-state index contributed by atoms with van der Waals surface area (Å²) in [6, 6.07) is 9.33. The van der Waals surface area contributed by atoms with Gasteiger partial charge in [-0.15, -0.1) is 0 Å². The van der Waals surface area contributed by atoms with Crippen molar-refractivity contribution in [2.45, 2.75) is 12.6 Å². The lowest BCUT2D eigenvalue weighted by Gasteiger charge is -2.37. The number of carbonyl (C=O) groups excluding carboxylic acids is 1. The van der Waals surface area contributed by atoms with Crippen molar-refractivity contribution < 1.29 is 22.9 Å². The molecule has 3 rings (SSSR count). The van der Waals surface area contributed by atoms with E-state index in [0.29, 0.717) is 37.3 Å². The van der Waals surface area contributed by atoms with Crippen LogP contribution in [-0.4, -0.2) is 47.0 Å². The monoisotopic (exact) mass is 486 g/mol. The van der Waals surface area contributed by atoms with E-state index < -0.39 is 22.4 Å². The lowest BCUT2D eigenvalue weighted by Crippen LogP contribution is -2.53. The molecule has 1 saturated heterocycles. The molecule has 32 heavy (non-hydrogen) atoms. The summed E-state index contributed by atoms with van der Waals surface area (Å²) in [4.78, 5) is 26.1. The van der Waals surface area contributed by atoms with Crippen molar-refractivity contribution in [3.05, 3.63) is 68.7 Å². The first kappa shape index (κ1) is 23.7. The largest absolute Gasteiger partial charge is 0.416 e. The van der Waals surface area contributed by atoms with Crippen molar-refractivity contribution in [3.8, 4) is 0 Å². The minimum atomic E-state index is -4.67. The van der Waals surface area contributed by atoms with Crippen molar-refractivity contribution >= 4 is 46.2 Å². The zero-order valence-electron chi connectivity index (χ0n) is 16.6. The summed E-state index contributed by atoms with van der Waals surface area (Å²) in [6.07, 6.45) is -4.55. The highest BCUT2D eigenvalue weighted by Gasteiger charge is 2.34. The van der Waals surface area contributed by atoms with Gasteiger partial charge >= 0.3 is 6.18 Å². The fourth-order valence-electron chi connectivity index (χ4n) is 3.29. The summed E-state index contributed by atoms with van der Waals surface area (Å²) in [7, 11) is 0. The first-order valence-corrected chi connectivity index (χ1v) is 10.3. The second-order valence-electron chi connectivity index (χ2n) is 7.09. The highest BCUT2D eigenvalue weighted by molar-refractivity contribution is 7.80. The lowest BCUT2D eigenvalue weighted by molar-refractivity contribution is -0.384. The van der Waals surface area contributed by atoms with Crippen LogP contribution in [-0.2, 0) is 17.4 Å². The highest BCUT2D eigenvalue weighted by atomic mass is 35.5. The lowest BCUT2D eigenvalue weighted by atomic mass is 10.1. The molecule has 0 unspecified atom stereocenters. The first-order chi connectivity index (χ1) is 15.0. The van der Waals surface area contributed by atoms with E-state index in [2.05, 4.69) is 5.32 Å². The quantitative estimate of drug-likeness (QED) is 0.399. The van der Waals surface area contributed by atoms with Gasteiger partial charge in [-0.25, -0.2) is 0 Å². The molecule has 1 amide bonds. The van der Waals surface area contributed by atoms with Gasteiger partial charge in [-0.2, -0.15) is 13.2 Å². The number of thiocarbonyl (C=S) groups is 1. The van der Waals surface area contributed by atoms with Gasteiger partial charge in [0, 0.05) is 37.3 Å². The summed E-state index contributed by atoms with van der Waals surface area (Å²) >= 11 is 11.1. The number of alkyl halides is 3. The van der Waals surface area contributed by atoms with Crippen molar-refractivity contribution in [2.75, 3.05) is 31.1 Å². The third-order valence-corrected chi connectivity index (χ3v) is 5.54. The Balaban J connectivity index is 1.59. The summed E-state index contributed by atoms with van der Waals surface area (Å²) in [5.74, 6) is -0.293. The Bertz CT molecular complexity index is 1030. The number of nitro groups is 1. The number of carbonyl (C=O) groups is 1. The van der Waals surface area contributed by atoms with Gasteiger partial charge in [-0.1, -0.05) is 23.7 Å². The molecule has 0 radical (unpaired) electrons. The van der Waals surface area contributed by atoms with Gasteiger partial charge in [0.1, 0.15) is 5.69 Å². The topological polar surface area (TPSA) is 78.7 Å². The molecule has 12 heteroatoms. The Hall–Kier alpha value is -2.92. The van der Waals surface area contributed by atoms with E-state index in [1.54, 1.807) is 34.1 Å². The fourth-order valence-corrected chi connectivity index (χ4v) is 3.72. The molecule has 0 aromatic heterocycles. The smallest absolute Gasteiger partial charge is 0.362 e. The van der Waals surface area contributed by atoms with Crippen LogP contribution >= 0.6 is 23.8 Å². The van der Waals surface area contributed by atoms with Crippen LogP contribution < -0.4 is 10.2 Å². The predicted molar refractivity (Wildman–Crippen MR) is 118 cm³/mol. The van der Waals surface area contributed by atoms with Crippen molar-refractivity contribution in [3.63, 3.8) is 0 Å². The van der Waals surface area contributed by atoms with Crippen molar-refractivity contribution in [2.24, 2.45) is 0 Å². The third kappa shape index (κ3) is 5.86. The average Bonchev–Trinajstić information content (AvgIpc) is 2.74. The van der Waals surface area contributed by atoms with Crippen LogP contribution in [0.5, 0.6) is 0 Å². The van der Waals surface area contributed by atoms with E-state index in [1.807, 2.05) is 0 Å². The number of benzene rings is 2. The van der Waals surface area contributed by atoms with E-state index in [-0.39, 0.29) is 23.1 Å². The Morgan fingerprint density at radius 1 is 1.12 bits per heavy atom. The first-order valence-electron chi connectivity index (χ1n) is 9.48. The highest BCUT2D eigenvalue weighted by Crippen LogP contribution is 2.36. The molecule has 0 bridgehead atoms. The van der Waals surface area contributed by atoms with Crippen LogP contribution in [0.25, 0.3) is 0 Å². The standard InChI is InChI=1S/C20H18ClF3N4O3S/c21-15-4-1-13(2-5-15)11-18(29)25-19(32)27-9-7-26(8-10-27)16-6-3-14(20(22,23)24)12-17(16)28(30)31/h1-6,12H,7-11H2,(H,25,29,32). The second-order valence-corrected chi connectivity index (χ2v) is 7.91. The van der Waals surface area contributed by atoms with E-state index in [4.69, 9.17) is 23.8 Å². The Morgan fingerprint density at radius 2 is 1.75 bits per heavy atom. The number of amides is 1. The van der Waals surface area contributed by atoms with Crippen LogP contribution in [0.3, 0.4) is 0 Å². The average molecular weight is 487 g/mol. The molecule has 0 atom stereocenters. The maximum absolute atomic E-state index is 12.9. The second kappa shape index (κ2) is 9.70. The van der Waals surface area contributed by atoms with Gasteiger partial charge in [-0.05, 0) is 42.0 Å². The van der Waals surface area contributed by atoms with Crippen LogP contribution in [0.1, 0.15) is 11.1 Å². The zero-order chi connectivity index (χ0) is 23.5. The van der Waals surface area contributed by atoms with Gasteiger partial charge in [0.2, 0.25) is 5.91 Å². The normalized spacial score (nSPS) is 14.2. The number of hydrogen-bond donors (Lipinski definition) is 1. The molecule has 0 spiro atoms. The van der Waals surface area contributed by atoms with Crippen LogP contribution in [0, 0.1) is 10.1 Å². The number of nitro benzene ring substituents is 1. The molecule has 170 valence electrons. The Morgan fingerprint density at radius 3 is 2.31 bits per heavy atom. The molecule has 1 fully saturated rings. The van der Waals surface area contributed by atoms with E-state index >= 15 is 0 Å². The summed E-state index contributed by atoms with van der Waals surface area (Å²) in [5, 5.41) is 14.8. The number of hydrogen-bond acceptors (Lipinski definition) is 5. The molecule has 7 nitrogen and oxygen atoms in total. The van der Waals surface area contributed by atoms with E-state index in [0.717, 1.165) is 17.7 Å². The Kier molecular flexibility index (Phi) is 7.19. The van der Waals surface area contributed by atoms with E-state index in [9.17, 15) is 28.1 Å². The third-order valence-electron chi connectivity index (χ3n) is 4.93. The molecule has 1 aliphatic heterocycles. The number of piperazine rings is 1. The van der Waals surface area contributed by atoms with Gasteiger partial charge in [0.05, 0.1) is 16.9 Å². The summed E-state index contributed by atoms with van der Waals surface area (Å²) in [5.41, 5.74) is -0.794. The minimum Gasteiger partial charge on any atom is -0.362 e. The molecule has 2 aromatic carbocycles. The van der Waals surface area contributed by atoms with Crippen molar-refractivity contribution in [1.29, 1.82) is 0 Å². The number of halogens is 4. The van der Waals surface area contributed by atoms with Crippen LogP contribution in [0.2, 0.25) is 5.02 Å². The fraction of sp³-hybridized carbons (Fsp3) is 0.300. The Labute approximate surface area is 191 Å².